The van der Waals surface area contributed by atoms with E-state index in [9.17, 15) is 4.79 Å². The number of aromatic amines is 2. The molecule has 3 aromatic rings. The topological polar surface area (TPSA) is 57.9 Å². The van der Waals surface area contributed by atoms with Crippen LogP contribution in [0.1, 0.15) is 23.4 Å². The van der Waals surface area contributed by atoms with Crippen LogP contribution in [0.15, 0.2) is 47.3 Å². The monoisotopic (exact) mass is 302 g/mol. The van der Waals surface area contributed by atoms with E-state index in [0.717, 1.165) is 27.9 Å². The lowest BCUT2D eigenvalue weighted by Gasteiger charge is -2.11. The Morgan fingerprint density at radius 3 is 2.43 bits per heavy atom. The molecule has 108 valence electrons. The van der Waals surface area contributed by atoms with Crippen LogP contribution in [0.2, 0.25) is 0 Å². The summed E-state index contributed by atoms with van der Waals surface area (Å²) in [4.78, 5) is 16.7. The molecule has 3 rings (SSSR count). The lowest BCUT2D eigenvalue weighted by Crippen LogP contribution is -1.99. The van der Waals surface area contributed by atoms with Gasteiger partial charge in [-0.1, -0.05) is 18.2 Å². The predicted molar refractivity (Wildman–Crippen MR) is 84.2 cm³/mol. The van der Waals surface area contributed by atoms with Gasteiger partial charge in [0.25, 0.3) is 0 Å². The van der Waals surface area contributed by atoms with Gasteiger partial charge >= 0.3 is 5.69 Å². The second-order valence-electron chi connectivity index (χ2n) is 4.75. The van der Waals surface area contributed by atoms with Crippen molar-refractivity contribution in [2.45, 2.75) is 12.3 Å². The van der Waals surface area contributed by atoms with Crippen LogP contribution in [0.3, 0.4) is 0 Å². The van der Waals surface area contributed by atoms with Gasteiger partial charge in [-0.3, -0.25) is 0 Å². The highest BCUT2D eigenvalue weighted by Gasteiger charge is 2.12. The van der Waals surface area contributed by atoms with Gasteiger partial charge in [0.15, 0.2) is 0 Å². The van der Waals surface area contributed by atoms with Gasteiger partial charge in [-0.25, -0.2) is 4.79 Å². The molecule has 0 amide bonds. The summed E-state index contributed by atoms with van der Waals surface area (Å²) in [7, 11) is 0. The summed E-state index contributed by atoms with van der Waals surface area (Å²) in [5, 5.41) is -0.275. The summed E-state index contributed by atoms with van der Waals surface area (Å²) < 4.78 is 5.42. The summed E-state index contributed by atoms with van der Waals surface area (Å²) in [5.74, 6) is 0.829. The smallest absolute Gasteiger partial charge is 0.323 e. The number of rotatable bonds is 4. The summed E-state index contributed by atoms with van der Waals surface area (Å²) >= 11 is 6.53. The van der Waals surface area contributed by atoms with Crippen LogP contribution in [-0.4, -0.2) is 16.6 Å². The number of halogens is 1. The fraction of sp³-hybridized carbons (Fsp3) is 0.188. The number of benzene rings is 2. The van der Waals surface area contributed by atoms with Gasteiger partial charge in [0.1, 0.15) is 5.75 Å². The van der Waals surface area contributed by atoms with Crippen molar-refractivity contribution in [1.82, 2.24) is 9.97 Å². The van der Waals surface area contributed by atoms with Crippen LogP contribution in [-0.2, 0) is 0 Å². The number of nitrogens with one attached hydrogen (secondary N) is 2. The molecule has 0 aliphatic heterocycles. The molecule has 1 atom stereocenters. The number of hydrogen-bond acceptors (Lipinski definition) is 2. The Hall–Kier alpha value is -2.20. The fourth-order valence-electron chi connectivity index (χ4n) is 2.30. The van der Waals surface area contributed by atoms with Gasteiger partial charge in [0.2, 0.25) is 0 Å². The third-order valence-corrected chi connectivity index (χ3v) is 3.82. The maximum atomic E-state index is 11.3. The number of ether oxygens (including phenoxy) is 1. The molecular formula is C16H15ClN2O2. The summed E-state index contributed by atoms with van der Waals surface area (Å²) in [6.45, 7) is 2.59. The molecule has 0 saturated heterocycles. The normalized spacial score (nSPS) is 12.5. The molecular weight excluding hydrogens is 288 g/mol. The molecule has 0 aliphatic rings. The molecule has 1 aromatic heterocycles. The van der Waals surface area contributed by atoms with Crippen LogP contribution in [0, 0.1) is 0 Å². The first-order valence-electron chi connectivity index (χ1n) is 6.76. The maximum absolute atomic E-state index is 11.3. The average Bonchev–Trinajstić information content (AvgIpc) is 2.86. The quantitative estimate of drug-likeness (QED) is 0.724. The molecule has 0 radical (unpaired) electrons. The molecule has 1 heterocycles. The molecule has 0 spiro atoms. The van der Waals surface area contributed by atoms with Gasteiger partial charge < -0.3 is 14.7 Å². The SMILES string of the molecule is CCOc1ccc(C(Cl)c2ccc3[nH]c(=O)[nH]c3c2)cc1. The van der Waals surface area contributed by atoms with Crippen LogP contribution in [0.4, 0.5) is 0 Å². The number of alkyl halides is 1. The van der Waals surface area contributed by atoms with Crippen molar-refractivity contribution in [1.29, 1.82) is 0 Å². The van der Waals surface area contributed by atoms with Gasteiger partial charge in [-0.15, -0.1) is 11.6 Å². The third kappa shape index (κ3) is 2.81. The lowest BCUT2D eigenvalue weighted by molar-refractivity contribution is 0.340. The number of aromatic nitrogens is 2. The zero-order chi connectivity index (χ0) is 14.8. The van der Waals surface area contributed by atoms with E-state index in [1.54, 1.807) is 0 Å². The van der Waals surface area contributed by atoms with Crippen LogP contribution < -0.4 is 10.4 Å². The van der Waals surface area contributed by atoms with Crippen molar-refractivity contribution in [3.8, 4) is 5.75 Å². The lowest BCUT2D eigenvalue weighted by atomic mass is 10.0. The van der Waals surface area contributed by atoms with Crippen molar-refractivity contribution in [2.24, 2.45) is 0 Å². The van der Waals surface area contributed by atoms with Crippen molar-refractivity contribution in [2.75, 3.05) is 6.61 Å². The highest BCUT2D eigenvalue weighted by atomic mass is 35.5. The highest BCUT2D eigenvalue weighted by molar-refractivity contribution is 6.22. The molecule has 0 fully saturated rings. The molecule has 1 unspecified atom stereocenters. The Labute approximate surface area is 126 Å². The van der Waals surface area contributed by atoms with E-state index < -0.39 is 0 Å². The van der Waals surface area contributed by atoms with E-state index in [0.29, 0.717) is 6.61 Å². The van der Waals surface area contributed by atoms with Gasteiger partial charge in [0, 0.05) is 0 Å². The minimum atomic E-state index is -0.275. The number of fused-ring (bicyclic) bond motifs is 1. The molecule has 0 saturated carbocycles. The zero-order valence-corrected chi connectivity index (χ0v) is 12.3. The highest BCUT2D eigenvalue weighted by Crippen LogP contribution is 2.31. The number of hydrogen-bond donors (Lipinski definition) is 2. The standard InChI is InChI=1S/C16H15ClN2O2/c1-2-21-12-6-3-10(4-7-12)15(17)11-5-8-13-14(9-11)19-16(20)18-13/h3-9,15H,2H2,1H3,(H2,18,19,20). The molecule has 0 bridgehead atoms. The molecule has 2 N–H and O–H groups in total. The Morgan fingerprint density at radius 2 is 1.71 bits per heavy atom. The molecule has 5 heteroatoms. The van der Waals surface area contributed by atoms with Crippen LogP contribution in [0.25, 0.3) is 11.0 Å². The van der Waals surface area contributed by atoms with E-state index in [1.807, 2.05) is 49.4 Å². The van der Waals surface area contributed by atoms with E-state index in [2.05, 4.69) is 9.97 Å². The molecule has 2 aromatic carbocycles. The maximum Gasteiger partial charge on any atom is 0.323 e. The minimum Gasteiger partial charge on any atom is -0.494 e. The van der Waals surface area contributed by atoms with E-state index in [-0.39, 0.29) is 11.1 Å². The van der Waals surface area contributed by atoms with Gasteiger partial charge in [-0.2, -0.15) is 0 Å². The van der Waals surface area contributed by atoms with Gasteiger partial charge in [-0.05, 0) is 42.3 Å². The van der Waals surface area contributed by atoms with Crippen molar-refractivity contribution in [3.05, 3.63) is 64.1 Å². The summed E-state index contributed by atoms with van der Waals surface area (Å²) in [6.07, 6.45) is 0. The van der Waals surface area contributed by atoms with Crippen LogP contribution in [0.5, 0.6) is 5.75 Å². The Balaban J connectivity index is 1.91. The van der Waals surface area contributed by atoms with E-state index in [1.165, 1.54) is 0 Å². The second kappa shape index (κ2) is 5.66. The van der Waals surface area contributed by atoms with Crippen molar-refractivity contribution >= 4 is 22.6 Å². The Bertz CT molecular complexity index is 805. The first-order valence-corrected chi connectivity index (χ1v) is 7.20. The largest absolute Gasteiger partial charge is 0.494 e. The molecule has 4 nitrogen and oxygen atoms in total. The minimum absolute atomic E-state index is 0.214. The van der Waals surface area contributed by atoms with E-state index >= 15 is 0 Å². The van der Waals surface area contributed by atoms with Crippen molar-refractivity contribution < 1.29 is 4.74 Å². The molecule has 0 aliphatic carbocycles. The first kappa shape index (κ1) is 13.8. The van der Waals surface area contributed by atoms with E-state index in [4.69, 9.17) is 16.3 Å². The average molecular weight is 303 g/mol. The van der Waals surface area contributed by atoms with Crippen LogP contribution >= 0.6 is 11.6 Å². The number of imidazole rings is 1. The zero-order valence-electron chi connectivity index (χ0n) is 11.5. The van der Waals surface area contributed by atoms with Gasteiger partial charge in [0.05, 0.1) is 23.0 Å². The molecule has 21 heavy (non-hydrogen) atoms. The first-order chi connectivity index (χ1) is 10.2. The third-order valence-electron chi connectivity index (χ3n) is 3.32. The summed E-state index contributed by atoms with van der Waals surface area (Å²) in [6, 6.07) is 13.4. The fourth-order valence-corrected chi connectivity index (χ4v) is 2.58. The Kier molecular flexibility index (Phi) is 3.71. The second-order valence-corrected chi connectivity index (χ2v) is 5.19. The van der Waals surface area contributed by atoms with Crippen molar-refractivity contribution in [3.63, 3.8) is 0 Å². The predicted octanol–water partition coefficient (Wildman–Crippen LogP) is 3.58. The Morgan fingerprint density at radius 1 is 1.05 bits per heavy atom. The summed E-state index contributed by atoms with van der Waals surface area (Å²) in [5.41, 5.74) is 3.24. The number of H-pyrrole nitrogens is 2.